The zero-order valence-electron chi connectivity index (χ0n) is 14.8. The summed E-state index contributed by atoms with van der Waals surface area (Å²) < 4.78 is 0. The summed E-state index contributed by atoms with van der Waals surface area (Å²) in [7, 11) is 0. The number of aromatic nitrogens is 2. The molecule has 0 fully saturated rings. The van der Waals surface area contributed by atoms with Crippen molar-refractivity contribution in [1.82, 2.24) is 9.97 Å². The molecule has 6 nitrogen and oxygen atoms in total. The second-order valence-electron chi connectivity index (χ2n) is 5.57. The zero-order chi connectivity index (χ0) is 18.9. The summed E-state index contributed by atoms with van der Waals surface area (Å²) in [4.78, 5) is 16.7. The van der Waals surface area contributed by atoms with Gasteiger partial charge in [0.05, 0.1) is 5.09 Å². The molecule has 0 atom stereocenters. The molecule has 0 aliphatic rings. The summed E-state index contributed by atoms with van der Waals surface area (Å²) in [5.41, 5.74) is 2.15. The Bertz CT molecular complexity index is 944. The van der Waals surface area contributed by atoms with E-state index in [-0.39, 0.29) is 22.4 Å². The van der Waals surface area contributed by atoms with Crippen molar-refractivity contribution in [3.8, 4) is 0 Å². The van der Waals surface area contributed by atoms with E-state index in [1.54, 1.807) is 0 Å². The molecule has 0 N–H and O–H groups in total. The van der Waals surface area contributed by atoms with E-state index in [0.717, 1.165) is 11.4 Å². The Morgan fingerprint density at radius 3 is 1.33 bits per heavy atom. The number of benzene rings is 2. The molecule has 2 aromatic heterocycles. The molecule has 0 spiro atoms. The quantitative estimate of drug-likeness (QED) is 0.214. The number of fused-ring (bicyclic) bond motifs is 2. The van der Waals surface area contributed by atoms with Gasteiger partial charge in [-0.15, -0.1) is 0 Å². The fourth-order valence-corrected chi connectivity index (χ4v) is 2.39. The molecule has 0 aliphatic carbocycles. The predicted molar refractivity (Wildman–Crippen MR) is 103 cm³/mol. The van der Waals surface area contributed by atoms with Gasteiger partial charge in [0.15, 0.2) is 0 Å². The molecule has 4 aromatic rings. The van der Waals surface area contributed by atoms with Gasteiger partial charge in [0.1, 0.15) is 0 Å². The van der Waals surface area contributed by atoms with E-state index in [0.29, 0.717) is 0 Å². The SMILES string of the molecule is Cc1cc2ccccc2cn1.Cc1cc2ccccc2cn1.O=[N+]([O-])[O-].[Ag+]. The molecule has 0 bridgehead atoms. The van der Waals surface area contributed by atoms with Gasteiger partial charge in [0, 0.05) is 34.6 Å². The minimum atomic E-state index is -1.75. The van der Waals surface area contributed by atoms with Crippen molar-refractivity contribution >= 4 is 21.5 Å². The second kappa shape index (κ2) is 11.0. The van der Waals surface area contributed by atoms with Crippen LogP contribution < -0.4 is 0 Å². The molecular weight excluding hydrogens is 438 g/mol. The number of hydrogen-bond acceptors (Lipinski definition) is 5. The number of hydrogen-bond donors (Lipinski definition) is 0. The van der Waals surface area contributed by atoms with Crippen molar-refractivity contribution in [3.63, 3.8) is 0 Å². The van der Waals surface area contributed by atoms with Gasteiger partial charge in [-0.3, -0.25) is 9.97 Å². The van der Waals surface area contributed by atoms with E-state index in [4.69, 9.17) is 15.3 Å². The van der Waals surface area contributed by atoms with Crippen molar-refractivity contribution < 1.29 is 27.5 Å². The van der Waals surface area contributed by atoms with Gasteiger partial charge in [-0.25, -0.2) is 0 Å². The minimum Gasteiger partial charge on any atom is -0.356 e. The molecule has 2 heterocycles. The van der Waals surface area contributed by atoms with Crippen LogP contribution in [0, 0.1) is 29.2 Å². The van der Waals surface area contributed by atoms with Gasteiger partial charge in [0.25, 0.3) is 0 Å². The van der Waals surface area contributed by atoms with Crippen LogP contribution in [0.4, 0.5) is 0 Å². The molecule has 0 saturated heterocycles. The number of nitrogens with zero attached hydrogens (tertiary/aromatic N) is 3. The summed E-state index contributed by atoms with van der Waals surface area (Å²) in [6.45, 7) is 4.01. The largest absolute Gasteiger partial charge is 1.00 e. The third-order valence-electron chi connectivity index (χ3n) is 3.54. The number of pyridine rings is 2. The average molecular weight is 456 g/mol. The first-order valence-electron chi connectivity index (χ1n) is 7.90. The molecule has 142 valence electrons. The Kier molecular flexibility index (Phi) is 9.08. The smallest absolute Gasteiger partial charge is 0.356 e. The van der Waals surface area contributed by atoms with Crippen LogP contribution in [0.15, 0.2) is 73.1 Å². The third kappa shape index (κ3) is 7.54. The van der Waals surface area contributed by atoms with Crippen LogP contribution >= 0.6 is 0 Å². The van der Waals surface area contributed by atoms with E-state index in [9.17, 15) is 0 Å². The Balaban J connectivity index is 0.000000220. The standard InChI is InChI=1S/2C10H9N.Ag.NO3/c2*1-8-6-9-4-2-3-5-10(9)7-11-8;;2-1(3)4/h2*2-7H,1H3;;/q;;+1;-1. The minimum absolute atomic E-state index is 0. The molecule has 0 aliphatic heterocycles. The van der Waals surface area contributed by atoms with E-state index in [1.807, 2.05) is 50.5 Å². The van der Waals surface area contributed by atoms with Gasteiger partial charge in [-0.05, 0) is 36.8 Å². The van der Waals surface area contributed by atoms with Crippen LogP contribution in [0.1, 0.15) is 11.4 Å². The molecule has 0 saturated carbocycles. The molecule has 7 heteroatoms. The van der Waals surface area contributed by atoms with E-state index >= 15 is 0 Å². The van der Waals surface area contributed by atoms with Crippen LogP contribution in [0.5, 0.6) is 0 Å². The topological polar surface area (TPSA) is 92.0 Å². The molecule has 2 aromatic carbocycles. The first-order chi connectivity index (χ1) is 12.5. The fraction of sp³-hybridized carbons (Fsp3) is 0.100. The molecule has 0 unspecified atom stereocenters. The summed E-state index contributed by atoms with van der Waals surface area (Å²) in [6.07, 6.45) is 3.81. The summed E-state index contributed by atoms with van der Waals surface area (Å²) in [5, 5.41) is 19.7. The Labute approximate surface area is 172 Å². The zero-order valence-corrected chi connectivity index (χ0v) is 16.3. The van der Waals surface area contributed by atoms with Gasteiger partial charge >= 0.3 is 22.4 Å². The first kappa shape index (κ1) is 22.2. The van der Waals surface area contributed by atoms with Gasteiger partial charge in [-0.2, -0.15) is 0 Å². The maximum atomic E-state index is 8.25. The maximum Gasteiger partial charge on any atom is 1.00 e. The van der Waals surface area contributed by atoms with Crippen molar-refractivity contribution in [3.05, 3.63) is 99.8 Å². The van der Waals surface area contributed by atoms with Crippen molar-refractivity contribution in [2.45, 2.75) is 13.8 Å². The van der Waals surface area contributed by atoms with Crippen molar-refractivity contribution in [2.75, 3.05) is 0 Å². The van der Waals surface area contributed by atoms with E-state index in [2.05, 4.69) is 46.4 Å². The second-order valence-corrected chi connectivity index (χ2v) is 5.57. The third-order valence-corrected chi connectivity index (χ3v) is 3.54. The van der Waals surface area contributed by atoms with Gasteiger partial charge in [0.2, 0.25) is 0 Å². The Hall–Kier alpha value is -2.80. The molecule has 4 rings (SSSR count). The van der Waals surface area contributed by atoms with Crippen LogP contribution in [0.25, 0.3) is 21.5 Å². The van der Waals surface area contributed by atoms with Crippen molar-refractivity contribution in [1.29, 1.82) is 0 Å². The number of aryl methyl sites for hydroxylation is 2. The van der Waals surface area contributed by atoms with Crippen LogP contribution in [-0.2, 0) is 22.4 Å². The van der Waals surface area contributed by atoms with Gasteiger partial charge < -0.3 is 15.3 Å². The molecule has 0 radical (unpaired) electrons. The van der Waals surface area contributed by atoms with Gasteiger partial charge in [-0.1, -0.05) is 48.5 Å². The Morgan fingerprint density at radius 2 is 1.00 bits per heavy atom. The van der Waals surface area contributed by atoms with E-state index in [1.165, 1.54) is 21.5 Å². The van der Waals surface area contributed by atoms with E-state index < -0.39 is 5.09 Å². The summed E-state index contributed by atoms with van der Waals surface area (Å²) in [5.74, 6) is 0. The van der Waals surface area contributed by atoms with Crippen LogP contribution in [-0.4, -0.2) is 15.1 Å². The number of rotatable bonds is 0. The maximum absolute atomic E-state index is 8.25. The Morgan fingerprint density at radius 1 is 0.704 bits per heavy atom. The summed E-state index contributed by atoms with van der Waals surface area (Å²) >= 11 is 0. The van der Waals surface area contributed by atoms with Crippen LogP contribution in [0.2, 0.25) is 0 Å². The first-order valence-corrected chi connectivity index (χ1v) is 7.90. The average Bonchev–Trinajstić information content (AvgIpc) is 2.61. The molecule has 27 heavy (non-hydrogen) atoms. The fourth-order valence-electron chi connectivity index (χ4n) is 2.39. The molecular formula is C20H18AgN3O3. The normalized spacial score (nSPS) is 9.26. The van der Waals surface area contributed by atoms with Crippen LogP contribution in [0.3, 0.4) is 0 Å². The molecule has 0 amide bonds. The van der Waals surface area contributed by atoms with Crippen molar-refractivity contribution in [2.24, 2.45) is 0 Å². The predicted octanol–water partition coefficient (Wildman–Crippen LogP) is 4.84. The monoisotopic (exact) mass is 455 g/mol. The summed E-state index contributed by atoms with van der Waals surface area (Å²) in [6, 6.07) is 20.7.